The number of amides is 1. The van der Waals surface area contributed by atoms with Crippen LogP contribution in [0.25, 0.3) is 0 Å². The number of hydrogen-bond donors (Lipinski definition) is 2. The summed E-state index contributed by atoms with van der Waals surface area (Å²) in [6.07, 6.45) is 3.15. The second-order valence-corrected chi connectivity index (χ2v) is 7.60. The average molecular weight is 351 g/mol. The molecule has 0 bridgehead atoms. The number of primary amides is 1. The van der Waals surface area contributed by atoms with Gasteiger partial charge in [0.05, 0.1) is 0 Å². The summed E-state index contributed by atoms with van der Waals surface area (Å²) in [6.45, 7) is 2.79. The van der Waals surface area contributed by atoms with E-state index in [1.165, 1.54) is 21.1 Å². The Hall–Kier alpha value is -1.09. The molecule has 1 amide bonds. The number of piperidine rings is 1. The highest BCUT2D eigenvalue weighted by molar-refractivity contribution is 7.89. The molecule has 0 spiro atoms. The number of aryl methyl sites for hydroxylation is 1. The van der Waals surface area contributed by atoms with E-state index in [2.05, 4.69) is 0 Å². The number of carbonyl (C=O) groups excluding carboxylic acids is 1. The van der Waals surface area contributed by atoms with Gasteiger partial charge in [-0.3, -0.25) is 4.79 Å². The Morgan fingerprint density at radius 2 is 2.09 bits per heavy atom. The quantitative estimate of drug-likeness (QED) is 0.812. The first-order valence-electron chi connectivity index (χ1n) is 6.95. The van der Waals surface area contributed by atoms with Gasteiger partial charge in [0.2, 0.25) is 10.0 Å². The fourth-order valence-corrected chi connectivity index (χ4v) is 4.30. The second-order valence-electron chi connectivity index (χ2n) is 5.66. The molecule has 7 nitrogen and oxygen atoms in total. The van der Waals surface area contributed by atoms with Gasteiger partial charge >= 0.3 is 0 Å². The SMILES string of the molecule is CC(N)C1CCCN(S(=O)(=O)c2cc(C(N)=O)n(C)c2)C1.Cl. The van der Waals surface area contributed by atoms with Gasteiger partial charge < -0.3 is 16.0 Å². The monoisotopic (exact) mass is 350 g/mol. The maximum absolute atomic E-state index is 12.7. The van der Waals surface area contributed by atoms with Crippen LogP contribution in [0.2, 0.25) is 0 Å². The van der Waals surface area contributed by atoms with Crippen molar-refractivity contribution in [1.29, 1.82) is 0 Å². The average Bonchev–Trinajstić information content (AvgIpc) is 2.82. The molecule has 1 saturated heterocycles. The molecule has 1 aromatic rings. The van der Waals surface area contributed by atoms with E-state index in [4.69, 9.17) is 11.5 Å². The number of rotatable bonds is 4. The second kappa shape index (κ2) is 6.99. The van der Waals surface area contributed by atoms with E-state index < -0.39 is 15.9 Å². The first-order valence-corrected chi connectivity index (χ1v) is 8.39. The zero-order chi connectivity index (χ0) is 15.8. The lowest BCUT2D eigenvalue weighted by Crippen LogP contribution is -2.44. The molecule has 0 radical (unpaired) electrons. The van der Waals surface area contributed by atoms with Gasteiger partial charge in [-0.25, -0.2) is 8.42 Å². The molecule has 0 saturated carbocycles. The van der Waals surface area contributed by atoms with Gasteiger partial charge in [0.25, 0.3) is 5.91 Å². The Kier molecular flexibility index (Phi) is 6.03. The van der Waals surface area contributed by atoms with E-state index in [1.54, 1.807) is 7.05 Å². The third-order valence-corrected chi connectivity index (χ3v) is 5.86. The van der Waals surface area contributed by atoms with Gasteiger partial charge in [-0.05, 0) is 31.7 Å². The van der Waals surface area contributed by atoms with Gasteiger partial charge in [-0.2, -0.15) is 4.31 Å². The van der Waals surface area contributed by atoms with Crippen molar-refractivity contribution >= 4 is 28.3 Å². The van der Waals surface area contributed by atoms with E-state index in [0.29, 0.717) is 13.1 Å². The highest BCUT2D eigenvalue weighted by Gasteiger charge is 2.32. The summed E-state index contributed by atoms with van der Waals surface area (Å²) in [5.41, 5.74) is 11.3. The molecule has 2 rings (SSSR count). The lowest BCUT2D eigenvalue weighted by molar-refractivity contribution is 0.0992. The van der Waals surface area contributed by atoms with Crippen molar-refractivity contribution in [3.05, 3.63) is 18.0 Å². The van der Waals surface area contributed by atoms with Crippen molar-refractivity contribution in [2.45, 2.75) is 30.7 Å². The highest BCUT2D eigenvalue weighted by Crippen LogP contribution is 2.25. The van der Waals surface area contributed by atoms with E-state index in [0.717, 1.165) is 12.8 Å². The van der Waals surface area contributed by atoms with Crippen molar-refractivity contribution in [1.82, 2.24) is 8.87 Å². The van der Waals surface area contributed by atoms with Crippen LogP contribution in [-0.4, -0.2) is 42.3 Å². The Morgan fingerprint density at radius 3 is 2.59 bits per heavy atom. The van der Waals surface area contributed by atoms with Crippen LogP contribution >= 0.6 is 12.4 Å². The number of nitrogens with zero attached hydrogens (tertiary/aromatic N) is 2. The fourth-order valence-electron chi connectivity index (χ4n) is 2.69. The predicted molar refractivity (Wildman–Crippen MR) is 86.3 cm³/mol. The van der Waals surface area contributed by atoms with Crippen LogP contribution in [0.3, 0.4) is 0 Å². The minimum atomic E-state index is -3.61. The van der Waals surface area contributed by atoms with Gasteiger partial charge in [0.1, 0.15) is 10.6 Å². The normalized spacial score (nSPS) is 21.1. The van der Waals surface area contributed by atoms with E-state index in [1.807, 2.05) is 6.92 Å². The zero-order valence-corrected chi connectivity index (χ0v) is 14.4. The molecular formula is C13H23ClN4O3S. The van der Waals surface area contributed by atoms with Gasteiger partial charge in [0.15, 0.2) is 0 Å². The third kappa shape index (κ3) is 3.62. The van der Waals surface area contributed by atoms with Gasteiger partial charge in [-0.15, -0.1) is 12.4 Å². The van der Waals surface area contributed by atoms with Crippen molar-refractivity contribution in [3.63, 3.8) is 0 Å². The summed E-state index contributed by atoms with van der Waals surface area (Å²) in [6, 6.07) is 1.28. The number of halogens is 1. The summed E-state index contributed by atoms with van der Waals surface area (Å²) >= 11 is 0. The van der Waals surface area contributed by atoms with Crippen molar-refractivity contribution in [2.75, 3.05) is 13.1 Å². The number of carbonyl (C=O) groups is 1. The van der Waals surface area contributed by atoms with Crippen molar-refractivity contribution < 1.29 is 13.2 Å². The van der Waals surface area contributed by atoms with Gasteiger partial charge in [-0.1, -0.05) is 0 Å². The summed E-state index contributed by atoms with van der Waals surface area (Å²) < 4.78 is 28.2. The highest BCUT2D eigenvalue weighted by atomic mass is 35.5. The number of aromatic nitrogens is 1. The minimum Gasteiger partial charge on any atom is -0.364 e. The largest absolute Gasteiger partial charge is 0.364 e. The summed E-state index contributed by atoms with van der Waals surface area (Å²) in [7, 11) is -2.02. The van der Waals surface area contributed by atoms with Crippen LogP contribution in [-0.2, 0) is 17.1 Å². The molecule has 2 unspecified atom stereocenters. The molecule has 1 aromatic heterocycles. The fraction of sp³-hybridized carbons (Fsp3) is 0.615. The Labute approximate surface area is 137 Å². The number of nitrogens with two attached hydrogens (primary N) is 2. The molecule has 4 N–H and O–H groups in total. The molecule has 22 heavy (non-hydrogen) atoms. The smallest absolute Gasteiger partial charge is 0.265 e. The van der Waals surface area contributed by atoms with E-state index in [9.17, 15) is 13.2 Å². The summed E-state index contributed by atoms with van der Waals surface area (Å²) in [5, 5.41) is 0. The van der Waals surface area contributed by atoms with Crippen molar-refractivity contribution in [3.8, 4) is 0 Å². The molecule has 1 fully saturated rings. The molecular weight excluding hydrogens is 328 g/mol. The molecule has 126 valence electrons. The number of hydrogen-bond acceptors (Lipinski definition) is 4. The summed E-state index contributed by atoms with van der Waals surface area (Å²) in [4.78, 5) is 11.4. The Balaban J connectivity index is 0.00000242. The maximum Gasteiger partial charge on any atom is 0.265 e. The third-order valence-electron chi connectivity index (χ3n) is 4.03. The molecule has 0 aliphatic carbocycles. The van der Waals surface area contributed by atoms with Crippen LogP contribution in [0.1, 0.15) is 30.3 Å². The van der Waals surface area contributed by atoms with Crippen LogP contribution in [0.5, 0.6) is 0 Å². The van der Waals surface area contributed by atoms with Crippen LogP contribution in [0, 0.1) is 5.92 Å². The zero-order valence-electron chi connectivity index (χ0n) is 12.7. The first kappa shape index (κ1) is 19.0. The molecule has 0 aromatic carbocycles. The predicted octanol–water partition coefficient (Wildman–Crippen LogP) is 0.294. The topological polar surface area (TPSA) is 111 Å². The minimum absolute atomic E-state index is 0. The van der Waals surface area contributed by atoms with Gasteiger partial charge in [0, 0.05) is 32.4 Å². The first-order chi connectivity index (χ1) is 9.73. The van der Waals surface area contributed by atoms with E-state index >= 15 is 0 Å². The molecule has 1 aliphatic rings. The maximum atomic E-state index is 12.7. The summed E-state index contributed by atoms with van der Waals surface area (Å²) in [5.74, 6) is -0.487. The molecule has 1 aliphatic heterocycles. The van der Waals surface area contributed by atoms with Crippen LogP contribution in [0.4, 0.5) is 0 Å². The number of sulfonamides is 1. The molecule has 9 heteroatoms. The standard InChI is InChI=1S/C13H22N4O3S.ClH/c1-9(14)10-4-3-5-17(7-10)21(19,20)11-6-12(13(15)18)16(2)8-11;/h6,8-10H,3-5,7,14H2,1-2H3,(H2,15,18);1H. The lowest BCUT2D eigenvalue weighted by atomic mass is 9.93. The van der Waals surface area contributed by atoms with Crippen molar-refractivity contribution in [2.24, 2.45) is 24.4 Å². The van der Waals surface area contributed by atoms with E-state index in [-0.39, 0.29) is 35.0 Å². The lowest BCUT2D eigenvalue weighted by Gasteiger charge is -2.33. The van der Waals surface area contributed by atoms with Crippen LogP contribution in [0.15, 0.2) is 17.2 Å². The Morgan fingerprint density at radius 1 is 1.45 bits per heavy atom. The van der Waals surface area contributed by atoms with Crippen LogP contribution < -0.4 is 11.5 Å². The Bertz CT molecular complexity index is 642. The molecule has 2 heterocycles. The molecule has 2 atom stereocenters.